The molecule has 1 rings (SSSR count). The molecule has 88 valence electrons. The van der Waals surface area contributed by atoms with Gasteiger partial charge in [-0.15, -0.1) is 0 Å². The number of benzene rings is 1. The molecule has 0 N–H and O–H groups in total. The molecule has 0 saturated heterocycles. The maximum absolute atomic E-state index is 12.7. The lowest BCUT2D eigenvalue weighted by Crippen LogP contribution is -2.10. The average Bonchev–Trinajstić information content (AvgIpc) is 2.26. The molecule has 0 aliphatic heterocycles. The predicted octanol–water partition coefficient (Wildman–Crippen LogP) is 3.60. The Balaban J connectivity index is 3.17. The fraction of sp³-hybridized carbons (Fsp3) is 0.364. The molecule has 0 radical (unpaired) electrons. The molecule has 0 amide bonds. The number of carbonyl (C=O) groups excluding carboxylic acids is 1. The first-order valence-electron chi connectivity index (χ1n) is 4.61. The van der Waals surface area contributed by atoms with E-state index in [1.165, 1.54) is 25.3 Å². The van der Waals surface area contributed by atoms with Gasteiger partial charge in [-0.25, -0.2) is 8.78 Å². The molecule has 1 atom stereocenters. The lowest BCUT2D eigenvalue weighted by Gasteiger charge is -2.10. The molecular formula is C11H11BrF2O2. The number of ether oxygens (including phenoxy) is 1. The van der Waals surface area contributed by atoms with E-state index in [1.807, 2.05) is 0 Å². The van der Waals surface area contributed by atoms with E-state index in [1.54, 1.807) is 6.92 Å². The summed E-state index contributed by atoms with van der Waals surface area (Å²) in [6.45, 7) is 1.65. The van der Waals surface area contributed by atoms with Crippen molar-refractivity contribution >= 4 is 21.7 Å². The van der Waals surface area contributed by atoms with Gasteiger partial charge in [0, 0.05) is 5.56 Å². The Morgan fingerprint density at radius 1 is 1.44 bits per heavy atom. The molecular weight excluding hydrogens is 282 g/mol. The van der Waals surface area contributed by atoms with Crippen molar-refractivity contribution in [1.29, 1.82) is 0 Å². The van der Waals surface area contributed by atoms with Gasteiger partial charge in [0.1, 0.15) is 5.75 Å². The van der Waals surface area contributed by atoms with Crippen LogP contribution >= 0.6 is 15.9 Å². The van der Waals surface area contributed by atoms with Gasteiger partial charge in [0.15, 0.2) is 5.78 Å². The van der Waals surface area contributed by atoms with E-state index < -0.39 is 11.3 Å². The summed E-state index contributed by atoms with van der Waals surface area (Å²) < 4.78 is 30.1. The number of hydrogen-bond donors (Lipinski definition) is 0. The van der Waals surface area contributed by atoms with E-state index >= 15 is 0 Å². The van der Waals surface area contributed by atoms with Crippen LogP contribution in [-0.4, -0.2) is 17.7 Å². The zero-order valence-electron chi connectivity index (χ0n) is 8.84. The largest absolute Gasteiger partial charge is 0.496 e. The summed E-state index contributed by atoms with van der Waals surface area (Å²) >= 11 is 3.11. The number of hydrogen-bond acceptors (Lipinski definition) is 2. The highest BCUT2D eigenvalue weighted by molar-refractivity contribution is 9.10. The normalized spacial score (nSPS) is 12.6. The highest BCUT2D eigenvalue weighted by Gasteiger charge is 2.18. The predicted molar refractivity (Wildman–Crippen MR) is 60.7 cm³/mol. The zero-order chi connectivity index (χ0) is 12.3. The Morgan fingerprint density at radius 2 is 2.06 bits per heavy atom. The summed E-state index contributed by atoms with van der Waals surface area (Å²) in [4.78, 5) is 11.2. The van der Waals surface area contributed by atoms with E-state index in [4.69, 9.17) is 4.74 Å². The van der Waals surface area contributed by atoms with Crippen LogP contribution in [0.25, 0.3) is 0 Å². The Labute approximate surface area is 101 Å². The third-order valence-corrected chi connectivity index (χ3v) is 2.53. The minimum Gasteiger partial charge on any atom is -0.496 e. The average molecular weight is 293 g/mol. The molecule has 16 heavy (non-hydrogen) atoms. The van der Waals surface area contributed by atoms with E-state index in [-0.39, 0.29) is 22.7 Å². The second-order valence-electron chi connectivity index (χ2n) is 3.24. The standard InChI is InChI=1S/C11H11BrF2O2/c1-6(12)10(15)7-3-4-9(16-2)8(5-7)11(13)14/h3-6,11H,1-2H3. The van der Waals surface area contributed by atoms with Gasteiger partial charge in [0.05, 0.1) is 17.5 Å². The second kappa shape index (κ2) is 5.39. The molecule has 1 aromatic rings. The number of methoxy groups -OCH3 is 1. The van der Waals surface area contributed by atoms with Crippen molar-refractivity contribution in [3.05, 3.63) is 29.3 Å². The fourth-order valence-corrected chi connectivity index (χ4v) is 1.55. The van der Waals surface area contributed by atoms with Crippen LogP contribution < -0.4 is 4.74 Å². The van der Waals surface area contributed by atoms with E-state index in [2.05, 4.69) is 15.9 Å². The lowest BCUT2D eigenvalue weighted by atomic mass is 10.0. The van der Waals surface area contributed by atoms with E-state index in [9.17, 15) is 13.6 Å². The zero-order valence-corrected chi connectivity index (χ0v) is 10.4. The quantitative estimate of drug-likeness (QED) is 0.626. The molecule has 0 aliphatic rings. The molecule has 1 unspecified atom stereocenters. The molecule has 2 nitrogen and oxygen atoms in total. The van der Waals surface area contributed by atoms with Crippen LogP contribution in [0.5, 0.6) is 5.75 Å². The van der Waals surface area contributed by atoms with Gasteiger partial charge in [-0.05, 0) is 25.1 Å². The minimum atomic E-state index is -2.66. The van der Waals surface area contributed by atoms with Gasteiger partial charge in [-0.2, -0.15) is 0 Å². The SMILES string of the molecule is COc1ccc(C(=O)C(C)Br)cc1C(F)F. The minimum absolute atomic E-state index is 0.0915. The van der Waals surface area contributed by atoms with Crippen LogP contribution in [-0.2, 0) is 0 Å². The highest BCUT2D eigenvalue weighted by atomic mass is 79.9. The van der Waals surface area contributed by atoms with Crippen LogP contribution in [0.15, 0.2) is 18.2 Å². The number of carbonyl (C=O) groups is 1. The van der Waals surface area contributed by atoms with Crippen LogP contribution in [0.4, 0.5) is 8.78 Å². The number of alkyl halides is 3. The van der Waals surface area contributed by atoms with E-state index in [0.29, 0.717) is 0 Å². The van der Waals surface area contributed by atoms with Gasteiger partial charge in [-0.3, -0.25) is 4.79 Å². The Bertz CT molecular complexity index is 392. The molecule has 0 fully saturated rings. The summed E-state index contributed by atoms with van der Waals surface area (Å²) in [5, 5.41) is 0. The van der Waals surface area contributed by atoms with Crippen LogP contribution in [0.3, 0.4) is 0 Å². The Morgan fingerprint density at radius 3 is 2.50 bits per heavy atom. The third-order valence-electron chi connectivity index (χ3n) is 2.11. The number of halogens is 3. The van der Waals surface area contributed by atoms with Crippen molar-refractivity contribution in [1.82, 2.24) is 0 Å². The molecule has 0 heterocycles. The lowest BCUT2D eigenvalue weighted by molar-refractivity contribution is 0.0995. The topological polar surface area (TPSA) is 26.3 Å². The van der Waals surface area contributed by atoms with Crippen molar-refractivity contribution < 1.29 is 18.3 Å². The van der Waals surface area contributed by atoms with Gasteiger partial charge in [0.2, 0.25) is 0 Å². The second-order valence-corrected chi connectivity index (χ2v) is 4.61. The van der Waals surface area contributed by atoms with Gasteiger partial charge < -0.3 is 4.74 Å². The van der Waals surface area contributed by atoms with Crippen LogP contribution in [0.1, 0.15) is 29.3 Å². The number of Topliss-reactive ketones (excluding diaryl/α,β-unsaturated/α-hetero) is 1. The first-order chi connectivity index (χ1) is 7.47. The summed E-state index contributed by atoms with van der Waals surface area (Å²) in [5.41, 5.74) is -0.0121. The first kappa shape index (κ1) is 13.1. The number of ketones is 1. The van der Waals surface area contributed by atoms with Crippen molar-refractivity contribution in [2.45, 2.75) is 18.2 Å². The molecule has 0 aliphatic carbocycles. The molecule has 0 spiro atoms. The van der Waals surface area contributed by atoms with Crippen molar-refractivity contribution in [3.63, 3.8) is 0 Å². The van der Waals surface area contributed by atoms with Crippen molar-refractivity contribution in [2.75, 3.05) is 7.11 Å². The maximum atomic E-state index is 12.7. The van der Waals surface area contributed by atoms with Crippen molar-refractivity contribution in [3.8, 4) is 5.75 Å². The summed E-state index contributed by atoms with van der Waals surface area (Å²) in [6.07, 6.45) is -2.66. The monoisotopic (exact) mass is 292 g/mol. The maximum Gasteiger partial charge on any atom is 0.267 e. The Kier molecular flexibility index (Phi) is 4.41. The van der Waals surface area contributed by atoms with Crippen molar-refractivity contribution in [2.24, 2.45) is 0 Å². The summed E-state index contributed by atoms with van der Waals surface area (Å²) in [5.74, 6) is -0.140. The number of rotatable bonds is 4. The van der Waals surface area contributed by atoms with Gasteiger partial charge in [-0.1, -0.05) is 15.9 Å². The molecule has 5 heteroatoms. The fourth-order valence-electron chi connectivity index (χ4n) is 1.29. The van der Waals surface area contributed by atoms with E-state index in [0.717, 1.165) is 0 Å². The van der Waals surface area contributed by atoms with Crippen LogP contribution in [0.2, 0.25) is 0 Å². The van der Waals surface area contributed by atoms with Gasteiger partial charge >= 0.3 is 0 Å². The Hall–Kier alpha value is -0.970. The van der Waals surface area contributed by atoms with Gasteiger partial charge in [0.25, 0.3) is 6.43 Å². The molecule has 0 bridgehead atoms. The molecule has 0 aromatic heterocycles. The third kappa shape index (κ3) is 2.78. The van der Waals surface area contributed by atoms with Crippen LogP contribution in [0, 0.1) is 0 Å². The molecule has 1 aromatic carbocycles. The summed E-state index contributed by atoms with van der Waals surface area (Å²) in [6, 6.07) is 4.03. The highest BCUT2D eigenvalue weighted by Crippen LogP contribution is 2.30. The smallest absolute Gasteiger partial charge is 0.267 e. The summed E-state index contributed by atoms with van der Waals surface area (Å²) in [7, 11) is 1.32. The molecule has 0 saturated carbocycles. The first-order valence-corrected chi connectivity index (χ1v) is 5.53.